The van der Waals surface area contributed by atoms with Gasteiger partial charge < -0.3 is 20.6 Å². The fourth-order valence-corrected chi connectivity index (χ4v) is 4.41. The van der Waals surface area contributed by atoms with Crippen molar-refractivity contribution >= 4 is 59.8 Å². The normalized spacial score (nSPS) is 20.7. The van der Waals surface area contributed by atoms with E-state index in [4.69, 9.17) is 28.3 Å². The number of halogens is 2. The van der Waals surface area contributed by atoms with Crippen molar-refractivity contribution in [1.29, 1.82) is 0 Å². The fourth-order valence-electron chi connectivity index (χ4n) is 4.11. The van der Waals surface area contributed by atoms with E-state index in [1.807, 2.05) is 12.1 Å². The first kappa shape index (κ1) is 23.9. The van der Waals surface area contributed by atoms with E-state index in [9.17, 15) is 4.79 Å². The van der Waals surface area contributed by atoms with Crippen LogP contribution in [-0.4, -0.2) is 52.6 Å². The predicted octanol–water partition coefficient (Wildman–Crippen LogP) is 3.66. The van der Waals surface area contributed by atoms with Gasteiger partial charge in [-0.2, -0.15) is 13.5 Å². The molecule has 3 aliphatic heterocycles. The van der Waals surface area contributed by atoms with Gasteiger partial charge in [0.15, 0.2) is 11.6 Å². The van der Waals surface area contributed by atoms with Crippen LogP contribution in [0.1, 0.15) is 31.2 Å². The highest BCUT2D eigenvalue weighted by molar-refractivity contribution is 7.59. The Kier molecular flexibility index (Phi) is 8.27. The van der Waals surface area contributed by atoms with Gasteiger partial charge in [0.1, 0.15) is 16.1 Å². The molecule has 2 aromatic rings. The molecule has 168 valence electrons. The second-order valence-corrected chi connectivity index (χ2v) is 8.55. The minimum atomic E-state index is -0.245. The number of ketones is 1. The van der Waals surface area contributed by atoms with E-state index >= 15 is 0 Å². The molecule has 3 aliphatic rings. The third kappa shape index (κ3) is 5.74. The van der Waals surface area contributed by atoms with E-state index in [0.717, 1.165) is 24.5 Å². The molecule has 2 bridgehead atoms. The van der Waals surface area contributed by atoms with Crippen LogP contribution in [0.15, 0.2) is 24.3 Å². The maximum absolute atomic E-state index is 11.7. The molecule has 0 spiro atoms. The van der Waals surface area contributed by atoms with Crippen LogP contribution in [0.25, 0.3) is 0 Å². The molecule has 0 amide bonds. The lowest BCUT2D eigenvalue weighted by atomic mass is 9.96. The largest absolute Gasteiger partial charge is 0.396 e. The van der Waals surface area contributed by atoms with Gasteiger partial charge in [0.2, 0.25) is 0 Å². The molecule has 31 heavy (non-hydrogen) atoms. The molecule has 2 atom stereocenters. The van der Waals surface area contributed by atoms with Gasteiger partial charge in [-0.3, -0.25) is 4.79 Å². The Bertz CT molecular complexity index is 933. The first-order chi connectivity index (χ1) is 14.5. The van der Waals surface area contributed by atoms with Crippen LogP contribution in [0.4, 0.5) is 17.3 Å². The maximum Gasteiger partial charge on any atom is 0.159 e. The monoisotopic (exact) mass is 483 g/mol. The molecule has 3 N–H and O–H groups in total. The lowest BCUT2D eigenvalue weighted by Crippen LogP contribution is -2.46. The molecule has 0 aliphatic carbocycles. The number of aliphatic hydroxyl groups is 1. The summed E-state index contributed by atoms with van der Waals surface area (Å²) in [6.45, 7) is 2.35. The fraction of sp³-hybridized carbons (Fsp3) is 0.476. The summed E-state index contributed by atoms with van der Waals surface area (Å²) in [4.78, 5) is 22.6. The van der Waals surface area contributed by atoms with Gasteiger partial charge in [0, 0.05) is 37.7 Å². The number of Topliss-reactive ketones (excluding diaryl/α,β-unsaturated/α-hetero) is 1. The zero-order valence-corrected chi connectivity index (χ0v) is 19.6. The molecule has 0 unspecified atom stereocenters. The summed E-state index contributed by atoms with van der Waals surface area (Å²) in [5.74, 6) is 1.79. The van der Waals surface area contributed by atoms with Gasteiger partial charge >= 0.3 is 0 Å². The summed E-state index contributed by atoms with van der Waals surface area (Å²) in [6, 6.07) is 7.73. The van der Waals surface area contributed by atoms with Gasteiger partial charge in [-0.15, -0.1) is 0 Å². The number of pyridine rings is 2. The highest BCUT2D eigenvalue weighted by Gasteiger charge is 2.28. The molecule has 0 aromatic carbocycles. The van der Waals surface area contributed by atoms with Gasteiger partial charge in [-0.05, 0) is 43.9 Å². The van der Waals surface area contributed by atoms with Crippen LogP contribution in [0.5, 0.6) is 0 Å². The molecule has 5 heterocycles. The number of rotatable bonds is 3. The Balaban J connectivity index is 0.000000171. The topological polar surface area (TPSA) is 90.4 Å². The molecule has 1 saturated heterocycles. The van der Waals surface area contributed by atoms with Crippen LogP contribution < -0.4 is 15.5 Å². The minimum Gasteiger partial charge on any atom is -0.396 e. The lowest BCUT2D eigenvalue weighted by Gasteiger charge is -2.40. The maximum atomic E-state index is 11.7. The summed E-state index contributed by atoms with van der Waals surface area (Å²) in [5, 5.41) is 16.2. The van der Waals surface area contributed by atoms with E-state index < -0.39 is 0 Å². The molecule has 5 rings (SSSR count). The van der Waals surface area contributed by atoms with Crippen molar-refractivity contribution in [3.63, 3.8) is 0 Å². The summed E-state index contributed by atoms with van der Waals surface area (Å²) >= 11 is 11.7. The molecule has 10 heteroatoms. The van der Waals surface area contributed by atoms with Crippen LogP contribution in [0.2, 0.25) is 10.3 Å². The van der Waals surface area contributed by atoms with E-state index in [1.54, 1.807) is 6.07 Å². The first-order valence-electron chi connectivity index (χ1n) is 10.3. The predicted molar refractivity (Wildman–Crippen MR) is 130 cm³/mol. The standard InChI is InChI=1S/C11H13ClN2O2.C10H12ClN3.H2S/c12-10-4-3-7-6-9(16)8(2-1-5-15)13-11(7)14-10;11-9-4-3-8-10(13-9)12-7-2-1-5-14(8)6-7;/h3-4,8,15H,1-2,5-6H2,(H,13,14);3-4,7H,1-2,5-6H2,(H,12,13);1H2/t8-;7-;/m00./s1. The zero-order chi connectivity index (χ0) is 21.1. The average molecular weight is 484 g/mol. The number of hydrogen-bond donors (Lipinski definition) is 3. The highest BCUT2D eigenvalue weighted by Crippen LogP contribution is 2.33. The Morgan fingerprint density at radius 3 is 2.61 bits per heavy atom. The second-order valence-electron chi connectivity index (χ2n) is 7.78. The van der Waals surface area contributed by atoms with E-state index in [2.05, 4.69) is 31.6 Å². The first-order valence-corrected chi connectivity index (χ1v) is 11.0. The number of aliphatic hydroxyl groups excluding tert-OH is 1. The molecular weight excluding hydrogens is 457 g/mol. The smallest absolute Gasteiger partial charge is 0.159 e. The van der Waals surface area contributed by atoms with Crippen molar-refractivity contribution in [3.05, 3.63) is 40.1 Å². The Labute approximate surface area is 199 Å². The third-order valence-electron chi connectivity index (χ3n) is 5.60. The number of carbonyl (C=O) groups excluding carboxylic acids is 1. The Morgan fingerprint density at radius 1 is 1.10 bits per heavy atom. The van der Waals surface area contributed by atoms with Crippen LogP contribution in [0.3, 0.4) is 0 Å². The lowest BCUT2D eigenvalue weighted by molar-refractivity contribution is -0.119. The van der Waals surface area contributed by atoms with E-state index in [1.165, 1.54) is 18.5 Å². The van der Waals surface area contributed by atoms with Crippen molar-refractivity contribution in [2.75, 3.05) is 35.2 Å². The average Bonchev–Trinajstić information content (AvgIpc) is 2.73. The number of anilines is 3. The van der Waals surface area contributed by atoms with Gasteiger partial charge in [0.25, 0.3) is 0 Å². The number of aromatic nitrogens is 2. The van der Waals surface area contributed by atoms with Crippen molar-refractivity contribution < 1.29 is 9.90 Å². The summed E-state index contributed by atoms with van der Waals surface area (Å²) in [7, 11) is 0. The minimum absolute atomic E-state index is 0. The summed E-state index contributed by atoms with van der Waals surface area (Å²) in [6.07, 6.45) is 4.13. The van der Waals surface area contributed by atoms with E-state index in [0.29, 0.717) is 41.4 Å². The SMILES string of the molecule is Clc1ccc2c(n1)N[C@H]1CCCN2C1.O=C1Cc2ccc(Cl)nc2N[C@H]1CCCO.S. The van der Waals surface area contributed by atoms with Crippen molar-refractivity contribution in [1.82, 2.24) is 9.97 Å². The zero-order valence-electron chi connectivity index (χ0n) is 17.1. The molecule has 1 fully saturated rings. The number of fused-ring (bicyclic) bond motifs is 5. The molecule has 2 aromatic heterocycles. The summed E-state index contributed by atoms with van der Waals surface area (Å²) in [5.41, 5.74) is 2.08. The number of piperidine rings is 1. The van der Waals surface area contributed by atoms with Crippen LogP contribution in [0, 0.1) is 0 Å². The number of hydrogen-bond acceptors (Lipinski definition) is 7. The Morgan fingerprint density at radius 2 is 1.84 bits per heavy atom. The molecule has 7 nitrogen and oxygen atoms in total. The van der Waals surface area contributed by atoms with Crippen molar-refractivity contribution in [3.8, 4) is 0 Å². The number of carbonyl (C=O) groups is 1. The van der Waals surface area contributed by atoms with Gasteiger partial charge in [0.05, 0.1) is 11.7 Å². The quantitative estimate of drug-likeness (QED) is 0.573. The second kappa shape index (κ2) is 10.7. The Hall–Kier alpha value is -1.74. The number of nitrogens with zero attached hydrogens (tertiary/aromatic N) is 3. The summed E-state index contributed by atoms with van der Waals surface area (Å²) < 4.78 is 0. The van der Waals surface area contributed by atoms with Crippen molar-refractivity contribution in [2.45, 2.75) is 44.2 Å². The van der Waals surface area contributed by atoms with Gasteiger partial charge in [-0.1, -0.05) is 29.3 Å². The number of nitrogens with one attached hydrogen (secondary N) is 2. The van der Waals surface area contributed by atoms with Crippen LogP contribution in [-0.2, 0) is 11.2 Å². The molecular formula is C21H27Cl2N5O2S. The molecule has 0 saturated carbocycles. The van der Waals surface area contributed by atoms with Crippen LogP contribution >= 0.6 is 36.7 Å². The van der Waals surface area contributed by atoms with E-state index in [-0.39, 0.29) is 31.9 Å². The third-order valence-corrected chi connectivity index (χ3v) is 6.02. The van der Waals surface area contributed by atoms with Crippen molar-refractivity contribution in [2.24, 2.45) is 0 Å². The molecule has 0 radical (unpaired) electrons. The highest BCUT2D eigenvalue weighted by atomic mass is 35.5. The van der Waals surface area contributed by atoms with Gasteiger partial charge in [-0.25, -0.2) is 9.97 Å².